The number of hydrogen-bond acceptors (Lipinski definition) is 5. The van der Waals surface area contributed by atoms with Crippen LogP contribution < -0.4 is 4.74 Å². The summed E-state index contributed by atoms with van der Waals surface area (Å²) in [4.78, 5) is 37.6. The molecule has 1 aromatic carbocycles. The molecular weight excluding hydrogens is 356 g/mol. The highest BCUT2D eigenvalue weighted by molar-refractivity contribution is 9.10. The van der Waals surface area contributed by atoms with Crippen LogP contribution in [0.5, 0.6) is 11.5 Å². The first-order chi connectivity index (χ1) is 10.3. The van der Waals surface area contributed by atoms with Gasteiger partial charge in [0.15, 0.2) is 11.5 Å². The van der Waals surface area contributed by atoms with Crippen LogP contribution in [-0.2, 0) is 9.59 Å². The van der Waals surface area contributed by atoms with Crippen LogP contribution in [0.4, 0.5) is 4.79 Å². The smallest absolute Gasteiger partial charge is 0.333 e. The van der Waals surface area contributed by atoms with Crippen LogP contribution in [0.2, 0.25) is 0 Å². The summed E-state index contributed by atoms with van der Waals surface area (Å²) < 4.78 is 5.47. The van der Waals surface area contributed by atoms with Gasteiger partial charge in [-0.1, -0.05) is 15.9 Å². The number of ether oxygens (including phenoxy) is 1. The molecule has 0 radical (unpaired) electrons. The van der Waals surface area contributed by atoms with Gasteiger partial charge in [-0.15, -0.1) is 0 Å². The second-order valence-corrected chi connectivity index (χ2v) is 5.47. The van der Waals surface area contributed by atoms with Gasteiger partial charge in [0.05, 0.1) is 7.11 Å². The Morgan fingerprint density at radius 2 is 1.68 bits per heavy atom. The lowest BCUT2D eigenvalue weighted by Gasteiger charge is -2.28. The Balaban J connectivity index is 2.54. The monoisotopic (exact) mass is 368 g/mol. The molecule has 1 aliphatic heterocycles. The predicted octanol–water partition coefficient (Wildman–Crippen LogP) is 1.60. The fraction of sp³-hybridized carbons (Fsp3) is 0.214. The van der Waals surface area contributed by atoms with Crippen LogP contribution >= 0.6 is 15.9 Å². The van der Waals surface area contributed by atoms with Gasteiger partial charge in [-0.3, -0.25) is 19.4 Å². The number of benzene rings is 1. The Bertz CT molecular complexity index is 687. The Hall–Kier alpha value is -2.35. The van der Waals surface area contributed by atoms with Crippen LogP contribution in [0.15, 0.2) is 22.2 Å². The number of urea groups is 1. The van der Waals surface area contributed by atoms with Crippen molar-refractivity contribution in [1.82, 2.24) is 9.80 Å². The van der Waals surface area contributed by atoms with Crippen molar-refractivity contribution in [2.24, 2.45) is 0 Å². The standard InChI is InChI=1S/C14H13BrN2O5/c1-16-12(19)8(13(20)17(2)14(16)21)4-7-5-11(22-3)10(18)6-9(7)15/h4-6,18H,1-3H3. The van der Waals surface area contributed by atoms with Crippen LogP contribution in [0, 0.1) is 0 Å². The van der Waals surface area contributed by atoms with E-state index in [2.05, 4.69) is 15.9 Å². The second kappa shape index (κ2) is 5.80. The molecule has 1 N–H and O–H groups in total. The minimum absolute atomic E-state index is 0.0813. The summed E-state index contributed by atoms with van der Waals surface area (Å²) in [6, 6.07) is 2.18. The zero-order valence-electron chi connectivity index (χ0n) is 12.1. The normalized spacial score (nSPS) is 15.5. The molecule has 0 spiro atoms. The molecule has 0 saturated carbocycles. The van der Waals surface area contributed by atoms with Crippen LogP contribution in [-0.4, -0.2) is 54.0 Å². The van der Waals surface area contributed by atoms with E-state index in [1.54, 1.807) is 0 Å². The van der Waals surface area contributed by atoms with Gasteiger partial charge in [0.2, 0.25) is 0 Å². The number of methoxy groups -OCH3 is 1. The van der Waals surface area contributed by atoms with E-state index in [4.69, 9.17) is 4.74 Å². The number of halogens is 1. The number of carbonyl (C=O) groups excluding carboxylic acids is 3. The zero-order valence-corrected chi connectivity index (χ0v) is 13.7. The van der Waals surface area contributed by atoms with E-state index in [0.717, 1.165) is 9.80 Å². The highest BCUT2D eigenvalue weighted by Gasteiger charge is 2.37. The first-order valence-electron chi connectivity index (χ1n) is 6.16. The number of imide groups is 2. The number of phenols is 1. The molecule has 0 bridgehead atoms. The summed E-state index contributed by atoms with van der Waals surface area (Å²) in [7, 11) is 3.98. The summed E-state index contributed by atoms with van der Waals surface area (Å²) in [5.74, 6) is -1.26. The molecule has 1 saturated heterocycles. The van der Waals surface area contributed by atoms with Gasteiger partial charge in [0, 0.05) is 18.6 Å². The topological polar surface area (TPSA) is 87.2 Å². The SMILES string of the molecule is COc1cc(C=C2C(=O)N(C)C(=O)N(C)C2=O)c(Br)cc1O. The van der Waals surface area contributed by atoms with Gasteiger partial charge in [-0.2, -0.15) is 0 Å². The van der Waals surface area contributed by atoms with E-state index in [0.29, 0.717) is 10.0 Å². The van der Waals surface area contributed by atoms with Gasteiger partial charge < -0.3 is 9.84 Å². The number of aromatic hydroxyl groups is 1. The Labute approximate surface area is 134 Å². The highest BCUT2D eigenvalue weighted by atomic mass is 79.9. The molecule has 116 valence electrons. The first-order valence-corrected chi connectivity index (χ1v) is 6.95. The molecule has 0 atom stereocenters. The third kappa shape index (κ3) is 2.57. The third-order valence-corrected chi connectivity index (χ3v) is 3.93. The maximum Gasteiger partial charge on any atom is 0.333 e. The van der Waals surface area contributed by atoms with Crippen molar-refractivity contribution in [3.63, 3.8) is 0 Å². The molecule has 8 heteroatoms. The second-order valence-electron chi connectivity index (χ2n) is 4.61. The van der Waals surface area contributed by atoms with Gasteiger partial charge >= 0.3 is 6.03 Å². The average Bonchev–Trinajstić information content (AvgIpc) is 2.49. The molecule has 1 aromatic rings. The van der Waals surface area contributed by atoms with E-state index in [9.17, 15) is 19.5 Å². The van der Waals surface area contributed by atoms with Crippen LogP contribution in [0.25, 0.3) is 6.08 Å². The summed E-state index contributed by atoms with van der Waals surface area (Å²) in [5, 5.41) is 9.67. The van der Waals surface area contributed by atoms with Crippen molar-refractivity contribution < 1.29 is 24.2 Å². The van der Waals surface area contributed by atoms with Crippen molar-refractivity contribution >= 4 is 39.9 Å². The molecule has 22 heavy (non-hydrogen) atoms. The number of hydrogen-bond donors (Lipinski definition) is 1. The lowest BCUT2D eigenvalue weighted by molar-refractivity contribution is -0.134. The van der Waals surface area contributed by atoms with Crippen LogP contribution in [0.3, 0.4) is 0 Å². The van der Waals surface area contributed by atoms with Crippen molar-refractivity contribution in [3.8, 4) is 11.5 Å². The summed E-state index contributed by atoms with van der Waals surface area (Å²) in [6.07, 6.45) is 1.34. The predicted molar refractivity (Wildman–Crippen MR) is 81.3 cm³/mol. The van der Waals surface area contributed by atoms with E-state index in [1.165, 1.54) is 39.4 Å². The van der Waals surface area contributed by atoms with E-state index < -0.39 is 17.8 Å². The number of barbiturate groups is 1. The Morgan fingerprint density at radius 1 is 1.14 bits per heavy atom. The van der Waals surface area contributed by atoms with Crippen molar-refractivity contribution in [3.05, 3.63) is 27.7 Å². The molecule has 1 aliphatic rings. The minimum atomic E-state index is -0.688. The Kier molecular flexibility index (Phi) is 4.23. The maximum absolute atomic E-state index is 12.1. The van der Waals surface area contributed by atoms with E-state index in [1.807, 2.05) is 0 Å². The number of likely N-dealkylation sites (N-methyl/N-ethyl adjacent to an activating group) is 2. The summed E-state index contributed by atoms with van der Waals surface area (Å²) in [6.45, 7) is 0. The zero-order chi connectivity index (χ0) is 16.6. The van der Waals surface area contributed by atoms with Gasteiger partial charge in [-0.05, 0) is 23.8 Å². The molecule has 7 nitrogen and oxygen atoms in total. The molecule has 1 heterocycles. The Morgan fingerprint density at radius 3 is 2.18 bits per heavy atom. The van der Waals surface area contributed by atoms with E-state index >= 15 is 0 Å². The first kappa shape index (κ1) is 16.0. The van der Waals surface area contributed by atoms with Crippen molar-refractivity contribution in [2.75, 3.05) is 21.2 Å². The van der Waals surface area contributed by atoms with E-state index in [-0.39, 0.29) is 17.1 Å². The molecule has 0 aromatic heterocycles. The lowest BCUT2D eigenvalue weighted by atomic mass is 10.1. The largest absolute Gasteiger partial charge is 0.504 e. The quantitative estimate of drug-likeness (QED) is 0.632. The minimum Gasteiger partial charge on any atom is -0.504 e. The van der Waals surface area contributed by atoms with Crippen molar-refractivity contribution in [1.29, 1.82) is 0 Å². The number of rotatable bonds is 2. The molecule has 0 unspecified atom stereocenters. The molecule has 4 amide bonds. The lowest BCUT2D eigenvalue weighted by Crippen LogP contribution is -2.52. The van der Waals surface area contributed by atoms with Crippen LogP contribution in [0.1, 0.15) is 5.56 Å². The molecule has 0 aliphatic carbocycles. The highest BCUT2D eigenvalue weighted by Crippen LogP contribution is 2.34. The number of carbonyl (C=O) groups is 3. The maximum atomic E-state index is 12.1. The van der Waals surface area contributed by atoms with Crippen molar-refractivity contribution in [2.45, 2.75) is 0 Å². The molecular formula is C14H13BrN2O5. The molecule has 2 rings (SSSR count). The summed E-state index contributed by atoms with van der Waals surface area (Å²) >= 11 is 3.24. The number of phenolic OH excluding ortho intramolecular Hbond substituents is 1. The fourth-order valence-corrected chi connectivity index (χ4v) is 2.41. The van der Waals surface area contributed by atoms with Gasteiger partial charge in [0.1, 0.15) is 5.57 Å². The number of nitrogens with zero attached hydrogens (tertiary/aromatic N) is 2. The summed E-state index contributed by atoms with van der Waals surface area (Å²) in [5.41, 5.74) is 0.306. The number of amides is 4. The van der Waals surface area contributed by atoms with Gasteiger partial charge in [-0.25, -0.2) is 4.79 Å². The van der Waals surface area contributed by atoms with Gasteiger partial charge in [0.25, 0.3) is 11.8 Å². The fourth-order valence-electron chi connectivity index (χ4n) is 1.96. The third-order valence-electron chi connectivity index (χ3n) is 3.24. The average molecular weight is 369 g/mol. The molecule has 1 fully saturated rings.